The van der Waals surface area contributed by atoms with Crippen molar-refractivity contribution in [3.05, 3.63) is 53.3 Å². The fourth-order valence-electron chi connectivity index (χ4n) is 7.03. The Labute approximate surface area is 196 Å². The molecular weight excluding hydrogens is 412 g/mol. The van der Waals surface area contributed by atoms with Crippen LogP contribution in [0.1, 0.15) is 81.0 Å². The third kappa shape index (κ3) is 3.41. The molecule has 2 bridgehead atoms. The highest BCUT2D eigenvalue weighted by molar-refractivity contribution is 5.93. The van der Waals surface area contributed by atoms with Gasteiger partial charge in [-0.1, -0.05) is 51.1 Å². The van der Waals surface area contributed by atoms with E-state index in [1.165, 1.54) is 5.56 Å². The average molecular weight is 449 g/mol. The number of fused-ring (bicyclic) bond motifs is 1. The van der Waals surface area contributed by atoms with Crippen LogP contribution in [-0.4, -0.2) is 55.6 Å². The van der Waals surface area contributed by atoms with Crippen molar-refractivity contribution in [3.8, 4) is 0 Å². The molecule has 2 saturated heterocycles. The normalized spacial score (nSPS) is 30.7. The molecule has 3 fully saturated rings. The zero-order valence-electron chi connectivity index (χ0n) is 20.5. The van der Waals surface area contributed by atoms with Crippen LogP contribution in [0, 0.1) is 5.41 Å². The molecule has 2 amide bonds. The molecule has 176 valence electrons. The number of aromatic nitrogens is 2. The Kier molecular flexibility index (Phi) is 5.37. The zero-order valence-corrected chi connectivity index (χ0v) is 20.5. The number of piperidine rings is 1. The minimum atomic E-state index is -0.0586. The Morgan fingerprint density at radius 3 is 2.39 bits per heavy atom. The molecule has 3 aliphatic rings. The first-order valence-electron chi connectivity index (χ1n) is 12.4. The predicted octanol–water partition coefficient (Wildman–Crippen LogP) is 4.16. The van der Waals surface area contributed by atoms with Gasteiger partial charge in [-0.3, -0.25) is 14.3 Å². The van der Waals surface area contributed by atoms with Crippen LogP contribution in [0.5, 0.6) is 0 Å². The van der Waals surface area contributed by atoms with E-state index in [1.54, 1.807) is 11.6 Å². The van der Waals surface area contributed by atoms with Gasteiger partial charge in [0.25, 0.3) is 5.91 Å². The minimum absolute atomic E-state index is 0.0395. The Hall–Kier alpha value is -2.63. The lowest BCUT2D eigenvalue weighted by Gasteiger charge is -2.53. The molecule has 2 aliphatic heterocycles. The molecule has 3 heterocycles. The number of benzene rings is 1. The number of carbonyl (C=O) groups excluding carboxylic acids is 2. The number of likely N-dealkylation sites (tertiary alicyclic amines) is 2. The first-order valence-corrected chi connectivity index (χ1v) is 12.4. The topological polar surface area (TPSA) is 58.4 Å². The number of carbonyl (C=O) groups is 2. The number of amides is 2. The predicted molar refractivity (Wildman–Crippen MR) is 128 cm³/mol. The van der Waals surface area contributed by atoms with Crippen molar-refractivity contribution in [3.63, 3.8) is 0 Å². The fourth-order valence-corrected chi connectivity index (χ4v) is 7.03. The van der Waals surface area contributed by atoms with E-state index >= 15 is 0 Å². The summed E-state index contributed by atoms with van der Waals surface area (Å²) in [6.45, 7) is 8.23. The van der Waals surface area contributed by atoms with Gasteiger partial charge in [0.1, 0.15) is 5.69 Å². The van der Waals surface area contributed by atoms with Crippen molar-refractivity contribution >= 4 is 11.8 Å². The summed E-state index contributed by atoms with van der Waals surface area (Å²) < 4.78 is 1.75. The SMILES string of the molecule is CC(=O)N1[C@H]2CCC[C@H]3N(C(=O)c4cc(C(C)C)nn4C)[C@@H](Cc4ccccc4)[C@@H]1C[C@@]23C. The molecule has 0 radical (unpaired) electrons. The summed E-state index contributed by atoms with van der Waals surface area (Å²) in [6, 6.07) is 12.7. The second-order valence-electron chi connectivity index (χ2n) is 10.9. The molecule has 0 unspecified atom stereocenters. The maximum atomic E-state index is 14.3. The average Bonchev–Trinajstić information content (AvgIpc) is 3.31. The Morgan fingerprint density at radius 2 is 1.79 bits per heavy atom. The van der Waals surface area contributed by atoms with Gasteiger partial charge in [0.05, 0.1) is 17.8 Å². The standard InChI is InChI=1S/C27H36N4O2/c1-17(2)20-15-22(29(5)28-20)26(33)31-21(14-19-10-7-6-8-11-19)23-16-27(4)24(30(23)18(3)32)12-9-13-25(27)31/h6-8,10-11,15,17,21,23-25H,9,12-14,16H2,1-5H3/t21-,23-,24-,25+,27-/m0/s1. The van der Waals surface area contributed by atoms with Gasteiger partial charge in [0.15, 0.2) is 0 Å². The van der Waals surface area contributed by atoms with Crippen molar-refractivity contribution < 1.29 is 9.59 Å². The first-order chi connectivity index (χ1) is 15.7. The van der Waals surface area contributed by atoms with E-state index in [0.717, 1.165) is 37.8 Å². The highest BCUT2D eigenvalue weighted by atomic mass is 16.2. The molecule has 1 aromatic heterocycles. The van der Waals surface area contributed by atoms with Gasteiger partial charge in [0, 0.05) is 31.5 Å². The molecule has 1 aliphatic carbocycles. The Bertz CT molecular complexity index is 1060. The van der Waals surface area contributed by atoms with Crippen LogP contribution in [0.25, 0.3) is 0 Å². The maximum absolute atomic E-state index is 14.3. The lowest BCUT2D eigenvalue weighted by atomic mass is 9.64. The van der Waals surface area contributed by atoms with Gasteiger partial charge in [-0.05, 0) is 49.7 Å². The molecule has 6 nitrogen and oxygen atoms in total. The molecule has 33 heavy (non-hydrogen) atoms. The van der Waals surface area contributed by atoms with Crippen LogP contribution < -0.4 is 0 Å². The van der Waals surface area contributed by atoms with E-state index in [4.69, 9.17) is 0 Å². The van der Waals surface area contributed by atoms with Crippen LogP contribution in [0.2, 0.25) is 0 Å². The van der Waals surface area contributed by atoms with Crippen molar-refractivity contribution in [1.29, 1.82) is 0 Å². The molecule has 1 aromatic carbocycles. The quantitative estimate of drug-likeness (QED) is 0.706. The molecule has 6 heteroatoms. The smallest absolute Gasteiger partial charge is 0.272 e. The van der Waals surface area contributed by atoms with Crippen LogP contribution in [0.15, 0.2) is 36.4 Å². The van der Waals surface area contributed by atoms with Crippen LogP contribution >= 0.6 is 0 Å². The summed E-state index contributed by atoms with van der Waals surface area (Å²) in [6.07, 6.45) is 4.82. The molecule has 0 N–H and O–H groups in total. The maximum Gasteiger partial charge on any atom is 0.272 e. The monoisotopic (exact) mass is 448 g/mol. The second kappa shape index (κ2) is 8.00. The lowest BCUT2D eigenvalue weighted by molar-refractivity contribution is -0.133. The summed E-state index contributed by atoms with van der Waals surface area (Å²) in [5, 5.41) is 4.63. The number of nitrogens with zero attached hydrogens (tertiary/aromatic N) is 4. The van der Waals surface area contributed by atoms with Gasteiger partial charge < -0.3 is 9.80 Å². The summed E-state index contributed by atoms with van der Waals surface area (Å²) in [4.78, 5) is 31.5. The van der Waals surface area contributed by atoms with E-state index < -0.39 is 0 Å². The van der Waals surface area contributed by atoms with Crippen LogP contribution in [-0.2, 0) is 18.3 Å². The summed E-state index contributed by atoms with van der Waals surface area (Å²) >= 11 is 0. The van der Waals surface area contributed by atoms with E-state index in [2.05, 4.69) is 59.9 Å². The van der Waals surface area contributed by atoms with Gasteiger partial charge >= 0.3 is 0 Å². The van der Waals surface area contributed by atoms with E-state index in [1.807, 2.05) is 19.2 Å². The van der Waals surface area contributed by atoms with Gasteiger partial charge in [-0.25, -0.2) is 0 Å². The number of aryl methyl sites for hydroxylation is 1. The highest BCUT2D eigenvalue weighted by Crippen LogP contribution is 2.56. The van der Waals surface area contributed by atoms with Gasteiger partial charge in [-0.15, -0.1) is 0 Å². The molecule has 2 aromatic rings. The van der Waals surface area contributed by atoms with Gasteiger partial charge in [0.2, 0.25) is 5.91 Å². The molecular formula is C27H36N4O2. The van der Waals surface area contributed by atoms with Crippen LogP contribution in [0.3, 0.4) is 0 Å². The van der Waals surface area contributed by atoms with Crippen molar-refractivity contribution in [1.82, 2.24) is 19.6 Å². The first kappa shape index (κ1) is 22.2. The zero-order chi connectivity index (χ0) is 23.5. The second-order valence-corrected chi connectivity index (χ2v) is 10.9. The van der Waals surface area contributed by atoms with E-state index in [0.29, 0.717) is 5.69 Å². The third-order valence-electron chi connectivity index (χ3n) is 8.55. The summed E-state index contributed by atoms with van der Waals surface area (Å²) in [5.41, 5.74) is 2.75. The van der Waals surface area contributed by atoms with Gasteiger partial charge in [-0.2, -0.15) is 5.10 Å². The number of hydrogen-bond donors (Lipinski definition) is 0. The number of hydrogen-bond acceptors (Lipinski definition) is 3. The van der Waals surface area contributed by atoms with Crippen molar-refractivity contribution in [2.45, 2.75) is 89.9 Å². The van der Waals surface area contributed by atoms with E-state index in [9.17, 15) is 9.59 Å². The largest absolute Gasteiger partial charge is 0.334 e. The lowest BCUT2D eigenvalue weighted by Crippen LogP contribution is -2.62. The molecule has 5 rings (SSSR count). The summed E-state index contributed by atoms with van der Waals surface area (Å²) in [7, 11) is 1.87. The fraction of sp³-hybridized carbons (Fsp3) is 0.593. The minimum Gasteiger partial charge on any atom is -0.334 e. The van der Waals surface area contributed by atoms with Crippen molar-refractivity contribution in [2.75, 3.05) is 0 Å². The molecule has 0 spiro atoms. The molecule has 5 atom stereocenters. The van der Waals surface area contributed by atoms with Crippen molar-refractivity contribution in [2.24, 2.45) is 12.5 Å². The third-order valence-corrected chi connectivity index (χ3v) is 8.55. The summed E-state index contributed by atoms with van der Waals surface area (Å²) in [5.74, 6) is 0.467. The Morgan fingerprint density at radius 1 is 1.12 bits per heavy atom. The Balaban J connectivity index is 1.62. The highest BCUT2D eigenvalue weighted by Gasteiger charge is 2.64. The van der Waals surface area contributed by atoms with E-state index in [-0.39, 0.29) is 47.3 Å². The number of rotatable bonds is 4. The molecule has 1 saturated carbocycles. The van der Waals surface area contributed by atoms with Crippen LogP contribution in [0.4, 0.5) is 0 Å².